The third kappa shape index (κ3) is 27.0. The summed E-state index contributed by atoms with van der Waals surface area (Å²) in [6, 6.07) is 126. The molecule has 0 bridgehead atoms. The van der Waals surface area contributed by atoms with Crippen molar-refractivity contribution in [1.82, 2.24) is 0 Å². The Balaban J connectivity index is 0.803. The maximum absolute atomic E-state index is 16.4. The van der Waals surface area contributed by atoms with Gasteiger partial charge in [0.1, 0.15) is 92.0 Å². The Labute approximate surface area is 806 Å². The van der Waals surface area contributed by atoms with Gasteiger partial charge >= 0.3 is 23.9 Å². The van der Waals surface area contributed by atoms with Crippen LogP contribution in [0.3, 0.4) is 0 Å². The molecule has 1 saturated heterocycles. The molecule has 21 nitrogen and oxygen atoms in total. The normalized spacial score (nSPS) is 13.6. The molecule has 0 amide bonds. The Bertz CT molecular complexity index is 6160. The number of hydrogen-bond donors (Lipinski definition) is 0. The van der Waals surface area contributed by atoms with Crippen molar-refractivity contribution in [3.8, 4) is 69.0 Å². The van der Waals surface area contributed by atoms with Gasteiger partial charge in [0.25, 0.3) is 0 Å². The predicted octanol–water partition coefficient (Wildman–Crippen LogP) is 24.2. The molecule has 0 aromatic heterocycles. The van der Waals surface area contributed by atoms with Gasteiger partial charge in [-0.15, -0.1) is 0 Å². The van der Waals surface area contributed by atoms with E-state index in [1.54, 1.807) is 0 Å². The standard InChI is InChI=1S/C118H100O21/c119-114(95-61-100(123-70-83-37-13-1-14-38-83)109(131-78-91-53-29-9-30-54-91)101(62-95)124-71-84-39-15-2-16-40-84)135-82-99-69-108(137-115(120)96-63-102(125-72-85-41-17-3-18-42-85)110(132-79-92-55-31-10-32-56-92)103(64-96)126-73-86-43-19-4-20-44-86)113(138-116(121)97-65-104(127-74-87-45-21-5-22-46-87)111(133-80-93-57-33-11-34-58-93)105(66-97)128-75-88-47-23-6-24-48-88)118(136-99)139-117(122)98-67-106(129-76-89-49-25-7-26-50-89)112(134-81-94-59-35-12-36-60-94)107(68-98)130-77-90-51-27-8-28-52-90/h1-68,99,108,113,118H,69-82H2/t99-,108-,113+,118-/m0/s1. The van der Waals surface area contributed by atoms with Gasteiger partial charge in [-0.1, -0.05) is 364 Å². The third-order valence-electron chi connectivity index (χ3n) is 22.4. The summed E-state index contributed by atoms with van der Waals surface area (Å²) in [6.45, 7) is -0.321. The molecule has 0 spiro atoms. The van der Waals surface area contributed by atoms with Crippen LogP contribution in [-0.2, 0) is 103 Å². The molecule has 0 unspecified atom stereocenters. The van der Waals surface area contributed by atoms with Gasteiger partial charge < -0.3 is 80.5 Å². The molecule has 1 fully saturated rings. The maximum atomic E-state index is 16.4. The molecule has 17 rings (SSSR count). The van der Waals surface area contributed by atoms with Gasteiger partial charge in [-0.25, -0.2) is 19.2 Å². The van der Waals surface area contributed by atoms with Gasteiger partial charge in [-0.3, -0.25) is 0 Å². The van der Waals surface area contributed by atoms with E-state index >= 15 is 19.2 Å². The predicted molar refractivity (Wildman–Crippen MR) is 522 cm³/mol. The SMILES string of the molecule is O=C(OC[C@@H]1C[C@H](OC(=O)c2cc(OCc3ccccc3)c(OCc3ccccc3)c(OCc3ccccc3)c2)[C@@H](OC(=O)c2cc(OCc3ccccc3)c(OCc3ccccc3)c(OCc3ccccc3)c2)[C@H](OC(=O)c2cc(OCc3ccccc3)c(OCc3ccccc3)c(OCc3ccccc3)c2)O1)c1cc(OCc2ccccc2)c(OCc2ccccc2)c(OCc2ccccc2)c1. The van der Waals surface area contributed by atoms with Crippen molar-refractivity contribution in [1.29, 1.82) is 0 Å². The fraction of sp³-hybridized carbons (Fsp3) is 0.153. The Morgan fingerprint density at radius 2 is 0.381 bits per heavy atom. The average Bonchev–Trinajstić information content (AvgIpc) is 0.795. The molecule has 139 heavy (non-hydrogen) atoms. The summed E-state index contributed by atoms with van der Waals surface area (Å²) < 4.78 is 115. The molecule has 0 saturated carbocycles. The number of benzene rings is 16. The zero-order chi connectivity index (χ0) is 94.8. The average molecular weight is 1850 g/mol. The van der Waals surface area contributed by atoms with E-state index in [1.165, 1.54) is 48.5 Å². The first kappa shape index (κ1) is 93.8. The minimum atomic E-state index is -2.10. The van der Waals surface area contributed by atoms with Gasteiger partial charge in [0.15, 0.2) is 46.0 Å². The van der Waals surface area contributed by atoms with E-state index in [0.717, 1.165) is 66.8 Å². The lowest BCUT2D eigenvalue weighted by Gasteiger charge is -2.39. The van der Waals surface area contributed by atoms with Crippen LogP contribution in [0.2, 0.25) is 0 Å². The van der Waals surface area contributed by atoms with Gasteiger partial charge in [-0.05, 0) is 115 Å². The summed E-state index contributed by atoms with van der Waals surface area (Å²) in [7, 11) is 0. The second kappa shape index (κ2) is 48.2. The van der Waals surface area contributed by atoms with Crippen molar-refractivity contribution in [2.75, 3.05) is 6.61 Å². The van der Waals surface area contributed by atoms with Crippen LogP contribution in [0.4, 0.5) is 0 Å². The lowest BCUT2D eigenvalue weighted by Crippen LogP contribution is -2.54. The Morgan fingerprint density at radius 1 is 0.209 bits per heavy atom. The first-order valence-corrected chi connectivity index (χ1v) is 45.7. The number of carbonyl (C=O) groups is 4. The first-order chi connectivity index (χ1) is 68.5. The molecule has 1 aliphatic rings. The largest absolute Gasteiger partial charge is 0.485 e. The van der Waals surface area contributed by atoms with E-state index in [4.69, 9.17) is 80.5 Å². The van der Waals surface area contributed by atoms with Crippen molar-refractivity contribution in [3.63, 3.8) is 0 Å². The van der Waals surface area contributed by atoms with Crippen LogP contribution in [0.25, 0.3) is 0 Å². The molecule has 0 aliphatic carbocycles. The number of hydrogen-bond acceptors (Lipinski definition) is 21. The van der Waals surface area contributed by atoms with Gasteiger partial charge in [0.05, 0.1) is 28.4 Å². The summed E-state index contributed by atoms with van der Waals surface area (Å²) in [4.78, 5) is 64.6. The van der Waals surface area contributed by atoms with Crippen LogP contribution in [0, 0.1) is 0 Å². The van der Waals surface area contributed by atoms with Crippen LogP contribution in [0.1, 0.15) is 115 Å². The first-order valence-electron chi connectivity index (χ1n) is 45.7. The Hall–Kier alpha value is -17.0. The summed E-state index contributed by atoms with van der Waals surface area (Å²) in [6.07, 6.45) is -7.62. The monoisotopic (exact) mass is 1850 g/mol. The van der Waals surface area contributed by atoms with Gasteiger partial charge in [0, 0.05) is 6.42 Å². The summed E-state index contributed by atoms with van der Waals surface area (Å²) in [5.74, 6) is -2.71. The zero-order valence-corrected chi connectivity index (χ0v) is 76.0. The molecule has 16 aromatic rings. The number of carbonyl (C=O) groups excluding carboxylic acids is 4. The van der Waals surface area contributed by atoms with Crippen LogP contribution in [-0.4, -0.2) is 55.1 Å². The lowest BCUT2D eigenvalue weighted by molar-refractivity contribution is -0.250. The molecule has 0 N–H and O–H groups in total. The van der Waals surface area contributed by atoms with Crippen LogP contribution < -0.4 is 56.8 Å². The van der Waals surface area contributed by atoms with Crippen molar-refractivity contribution >= 4 is 23.9 Å². The van der Waals surface area contributed by atoms with Crippen molar-refractivity contribution < 1.29 is 99.7 Å². The summed E-state index contributed by atoms with van der Waals surface area (Å²) >= 11 is 0. The molecule has 16 aromatic carbocycles. The highest BCUT2D eigenvalue weighted by Gasteiger charge is 2.48. The molecule has 698 valence electrons. The van der Waals surface area contributed by atoms with Gasteiger partial charge in [0.2, 0.25) is 35.4 Å². The Morgan fingerprint density at radius 3 is 0.583 bits per heavy atom. The quantitative estimate of drug-likeness (QED) is 0.0255. The molecule has 4 atom stereocenters. The minimum absolute atomic E-state index is 0.00368. The third-order valence-corrected chi connectivity index (χ3v) is 22.4. The van der Waals surface area contributed by atoms with Crippen molar-refractivity contribution in [2.45, 2.75) is 110 Å². The summed E-state index contributed by atoms with van der Waals surface area (Å²) in [5.41, 5.74) is 9.09. The van der Waals surface area contributed by atoms with Crippen molar-refractivity contribution in [3.05, 3.63) is 502 Å². The number of rotatable bonds is 45. The Kier molecular flexibility index (Phi) is 32.5. The molecule has 21 heteroatoms. The van der Waals surface area contributed by atoms with E-state index in [2.05, 4.69) is 0 Å². The molecular weight excluding hydrogens is 1750 g/mol. The summed E-state index contributed by atoms with van der Waals surface area (Å²) in [5, 5.41) is 0. The highest BCUT2D eigenvalue weighted by molar-refractivity contribution is 5.94. The maximum Gasteiger partial charge on any atom is 0.340 e. The van der Waals surface area contributed by atoms with E-state index in [9.17, 15) is 0 Å². The number of esters is 4. The van der Waals surface area contributed by atoms with E-state index in [0.29, 0.717) is 0 Å². The smallest absolute Gasteiger partial charge is 0.340 e. The van der Waals surface area contributed by atoms with E-state index in [1.807, 2.05) is 364 Å². The fourth-order valence-corrected chi connectivity index (χ4v) is 15.2. The van der Waals surface area contributed by atoms with E-state index < -0.39 is 61.5 Å². The van der Waals surface area contributed by atoms with Crippen molar-refractivity contribution in [2.24, 2.45) is 0 Å². The zero-order valence-electron chi connectivity index (χ0n) is 76.0. The van der Waals surface area contributed by atoms with Crippen LogP contribution in [0.15, 0.2) is 413 Å². The highest BCUT2D eigenvalue weighted by atomic mass is 16.7. The molecule has 1 aliphatic heterocycles. The van der Waals surface area contributed by atoms with E-state index in [-0.39, 0.29) is 171 Å². The molecular formula is C118H100O21. The minimum Gasteiger partial charge on any atom is -0.485 e. The van der Waals surface area contributed by atoms with Crippen LogP contribution in [0.5, 0.6) is 69.0 Å². The lowest BCUT2D eigenvalue weighted by atomic mass is 10.0. The molecule has 1 heterocycles. The molecule has 0 radical (unpaired) electrons. The highest BCUT2D eigenvalue weighted by Crippen LogP contribution is 2.47. The fourth-order valence-electron chi connectivity index (χ4n) is 15.2. The second-order valence-corrected chi connectivity index (χ2v) is 32.7. The van der Waals surface area contributed by atoms with Gasteiger partial charge in [-0.2, -0.15) is 0 Å². The topological polar surface area (TPSA) is 225 Å². The second-order valence-electron chi connectivity index (χ2n) is 32.7. The van der Waals surface area contributed by atoms with Crippen LogP contribution >= 0.6 is 0 Å². The number of ether oxygens (including phenoxy) is 17.